The Kier molecular flexibility index (Phi) is 5.02. The van der Waals surface area contributed by atoms with Gasteiger partial charge in [0.05, 0.1) is 4.99 Å². The summed E-state index contributed by atoms with van der Waals surface area (Å²) >= 11 is 5.42. The van der Waals surface area contributed by atoms with Crippen LogP contribution in [-0.4, -0.2) is 29.0 Å². The normalized spacial score (nSPS) is 29.1. The van der Waals surface area contributed by atoms with E-state index in [-0.39, 0.29) is 5.41 Å². The molecule has 1 atom stereocenters. The highest BCUT2D eigenvalue weighted by molar-refractivity contribution is 7.80. The summed E-state index contributed by atoms with van der Waals surface area (Å²) in [5, 5.41) is 0. The molecule has 1 saturated heterocycles. The number of piperidine rings is 1. The van der Waals surface area contributed by atoms with E-state index in [0.29, 0.717) is 0 Å². The number of hydrogen-bond donors (Lipinski definition) is 1. The highest BCUT2D eigenvalue weighted by atomic mass is 32.1. The van der Waals surface area contributed by atoms with Crippen molar-refractivity contribution in [1.29, 1.82) is 0 Å². The lowest BCUT2D eigenvalue weighted by molar-refractivity contribution is 0.0892. The zero-order valence-corrected chi connectivity index (χ0v) is 12.6. The van der Waals surface area contributed by atoms with Crippen molar-refractivity contribution in [2.24, 2.45) is 11.1 Å². The maximum atomic E-state index is 6.11. The molecule has 2 rings (SSSR count). The van der Waals surface area contributed by atoms with Crippen LogP contribution >= 0.6 is 12.2 Å². The second-order valence-corrected chi connectivity index (χ2v) is 6.67. The summed E-state index contributed by atoms with van der Waals surface area (Å²) < 4.78 is 0. The van der Waals surface area contributed by atoms with Gasteiger partial charge in [-0.1, -0.05) is 44.8 Å². The van der Waals surface area contributed by atoms with Crippen molar-refractivity contribution in [3.8, 4) is 0 Å². The van der Waals surface area contributed by atoms with Gasteiger partial charge in [-0.3, -0.25) is 4.90 Å². The Morgan fingerprint density at radius 2 is 1.94 bits per heavy atom. The molecule has 0 amide bonds. The van der Waals surface area contributed by atoms with Crippen LogP contribution in [0.5, 0.6) is 0 Å². The quantitative estimate of drug-likeness (QED) is 0.791. The molecule has 0 spiro atoms. The van der Waals surface area contributed by atoms with E-state index in [9.17, 15) is 0 Å². The molecule has 0 aromatic carbocycles. The number of thiocarbonyl (C=S) groups is 1. The number of nitrogens with two attached hydrogens (primary N) is 1. The fourth-order valence-corrected chi connectivity index (χ4v) is 4.10. The smallest absolute Gasteiger partial charge is 0.0802 e. The average molecular weight is 268 g/mol. The van der Waals surface area contributed by atoms with E-state index in [1.165, 1.54) is 64.3 Å². The minimum absolute atomic E-state index is 0.151. The Morgan fingerprint density at radius 1 is 1.22 bits per heavy atom. The van der Waals surface area contributed by atoms with Gasteiger partial charge >= 0.3 is 0 Å². The topological polar surface area (TPSA) is 29.3 Å². The van der Waals surface area contributed by atoms with Crippen molar-refractivity contribution >= 4 is 17.2 Å². The molecule has 104 valence electrons. The Labute approximate surface area is 117 Å². The van der Waals surface area contributed by atoms with Gasteiger partial charge in [0.15, 0.2) is 0 Å². The van der Waals surface area contributed by atoms with E-state index in [4.69, 9.17) is 18.0 Å². The summed E-state index contributed by atoms with van der Waals surface area (Å²) in [7, 11) is 0. The zero-order chi connectivity index (χ0) is 13.0. The molecule has 1 unspecified atom stereocenters. The molecule has 2 aliphatic rings. The van der Waals surface area contributed by atoms with Gasteiger partial charge in [0, 0.05) is 18.0 Å². The third kappa shape index (κ3) is 3.05. The Morgan fingerprint density at radius 3 is 2.56 bits per heavy atom. The van der Waals surface area contributed by atoms with Crippen LogP contribution in [0.1, 0.15) is 64.7 Å². The highest BCUT2D eigenvalue weighted by Gasteiger charge is 2.38. The predicted molar refractivity (Wildman–Crippen MR) is 81.8 cm³/mol. The average Bonchev–Trinajstić information content (AvgIpc) is 2.40. The lowest BCUT2D eigenvalue weighted by Crippen LogP contribution is -2.51. The number of likely N-dealkylation sites (tertiary alicyclic amines) is 1. The summed E-state index contributed by atoms with van der Waals surface area (Å²) in [5.41, 5.74) is 6.26. The van der Waals surface area contributed by atoms with E-state index < -0.39 is 0 Å². The van der Waals surface area contributed by atoms with Crippen molar-refractivity contribution < 1.29 is 0 Å². The van der Waals surface area contributed by atoms with E-state index in [2.05, 4.69) is 11.8 Å². The molecule has 2 N–H and O–H groups in total. The predicted octanol–water partition coefficient (Wildman–Crippen LogP) is 3.49. The summed E-state index contributed by atoms with van der Waals surface area (Å²) in [5.74, 6) is 0. The summed E-state index contributed by atoms with van der Waals surface area (Å²) in [6.07, 6.45) is 11.8. The first-order valence-electron chi connectivity index (χ1n) is 7.72. The number of rotatable bonds is 4. The van der Waals surface area contributed by atoms with Crippen molar-refractivity contribution in [3.63, 3.8) is 0 Å². The van der Waals surface area contributed by atoms with E-state index in [1.54, 1.807) is 0 Å². The van der Waals surface area contributed by atoms with Crippen LogP contribution in [0.4, 0.5) is 0 Å². The fraction of sp³-hybridized carbons (Fsp3) is 0.933. The molecule has 0 aromatic rings. The van der Waals surface area contributed by atoms with Gasteiger partial charge in [0.25, 0.3) is 0 Å². The third-order valence-corrected chi connectivity index (χ3v) is 5.49. The molecule has 0 radical (unpaired) electrons. The molecular weight excluding hydrogens is 240 g/mol. The van der Waals surface area contributed by atoms with Crippen LogP contribution in [0.3, 0.4) is 0 Å². The molecule has 1 aliphatic heterocycles. The molecule has 1 saturated carbocycles. The van der Waals surface area contributed by atoms with Gasteiger partial charge in [0.2, 0.25) is 0 Å². The van der Waals surface area contributed by atoms with E-state index >= 15 is 0 Å². The lowest BCUT2D eigenvalue weighted by Gasteiger charge is -2.44. The largest absolute Gasteiger partial charge is 0.393 e. The monoisotopic (exact) mass is 268 g/mol. The lowest BCUT2D eigenvalue weighted by atomic mass is 9.73. The van der Waals surface area contributed by atoms with Crippen LogP contribution in [0.15, 0.2) is 0 Å². The molecule has 1 aliphatic carbocycles. The highest BCUT2D eigenvalue weighted by Crippen LogP contribution is 2.38. The molecule has 2 nitrogen and oxygen atoms in total. The maximum absolute atomic E-state index is 6.11. The van der Waals surface area contributed by atoms with Gasteiger partial charge in [0.1, 0.15) is 0 Å². The van der Waals surface area contributed by atoms with Crippen LogP contribution in [0.25, 0.3) is 0 Å². The first-order chi connectivity index (χ1) is 8.68. The number of hydrogen-bond acceptors (Lipinski definition) is 2. The first kappa shape index (κ1) is 14.3. The van der Waals surface area contributed by atoms with Crippen LogP contribution in [-0.2, 0) is 0 Å². The van der Waals surface area contributed by atoms with Crippen molar-refractivity contribution in [3.05, 3.63) is 0 Å². The number of nitrogens with zero attached hydrogens (tertiary/aromatic N) is 1. The molecule has 1 heterocycles. The minimum atomic E-state index is 0.151. The standard InChI is InChI=1S/C15H28N2S/c1-2-13-8-4-7-11-17(13)12-15(14(16)18)9-5-3-6-10-15/h13H,2-12H2,1H3,(H2,16,18). The van der Waals surface area contributed by atoms with Crippen molar-refractivity contribution in [2.45, 2.75) is 70.8 Å². The van der Waals surface area contributed by atoms with Crippen LogP contribution < -0.4 is 5.73 Å². The summed E-state index contributed by atoms with van der Waals surface area (Å²) in [6.45, 7) is 4.70. The van der Waals surface area contributed by atoms with E-state index in [1.807, 2.05) is 0 Å². The second kappa shape index (κ2) is 6.33. The molecule has 0 aromatic heterocycles. The summed E-state index contributed by atoms with van der Waals surface area (Å²) in [6, 6.07) is 0.770. The molecule has 3 heteroatoms. The Bertz CT molecular complexity index is 284. The Hall–Kier alpha value is -0.150. The third-order valence-electron chi connectivity index (χ3n) is 5.06. The van der Waals surface area contributed by atoms with Gasteiger partial charge in [-0.05, 0) is 38.6 Å². The molecular formula is C15H28N2S. The Balaban J connectivity index is 2.05. The van der Waals surface area contributed by atoms with Gasteiger partial charge in [-0.2, -0.15) is 0 Å². The van der Waals surface area contributed by atoms with Crippen LogP contribution in [0.2, 0.25) is 0 Å². The SMILES string of the molecule is CCC1CCCCN1CC1(C(N)=S)CCCCC1. The summed E-state index contributed by atoms with van der Waals surface area (Å²) in [4.78, 5) is 3.47. The molecule has 0 bridgehead atoms. The fourth-order valence-electron chi connectivity index (χ4n) is 3.83. The second-order valence-electron chi connectivity index (χ2n) is 6.23. The molecule has 2 fully saturated rings. The van der Waals surface area contributed by atoms with E-state index in [0.717, 1.165) is 17.6 Å². The van der Waals surface area contributed by atoms with Gasteiger partial charge < -0.3 is 5.73 Å². The maximum Gasteiger partial charge on any atom is 0.0802 e. The zero-order valence-electron chi connectivity index (χ0n) is 11.8. The van der Waals surface area contributed by atoms with Crippen molar-refractivity contribution in [1.82, 2.24) is 4.90 Å². The molecule has 18 heavy (non-hydrogen) atoms. The van der Waals surface area contributed by atoms with Crippen molar-refractivity contribution in [2.75, 3.05) is 13.1 Å². The minimum Gasteiger partial charge on any atom is -0.393 e. The van der Waals surface area contributed by atoms with Gasteiger partial charge in [-0.15, -0.1) is 0 Å². The van der Waals surface area contributed by atoms with Crippen LogP contribution in [0, 0.1) is 5.41 Å². The first-order valence-corrected chi connectivity index (χ1v) is 8.13. The van der Waals surface area contributed by atoms with Gasteiger partial charge in [-0.25, -0.2) is 0 Å².